The van der Waals surface area contributed by atoms with Crippen LogP contribution in [-0.2, 0) is 4.79 Å². The Morgan fingerprint density at radius 2 is 1.71 bits per heavy atom. The lowest BCUT2D eigenvalue weighted by atomic mass is 9.85. The maximum Gasteiger partial charge on any atom is 0.230 e. The lowest BCUT2D eigenvalue weighted by Gasteiger charge is -2.36. The predicted octanol–water partition coefficient (Wildman–Crippen LogP) is 3.01. The fourth-order valence-electron chi connectivity index (χ4n) is 3.32. The molecule has 0 radical (unpaired) electrons. The van der Waals surface area contributed by atoms with E-state index in [0.717, 1.165) is 31.5 Å². The second-order valence-electron chi connectivity index (χ2n) is 6.65. The summed E-state index contributed by atoms with van der Waals surface area (Å²) in [6.45, 7) is 8.03. The van der Waals surface area contributed by atoms with E-state index in [2.05, 4.69) is 32.9 Å². The lowest BCUT2D eigenvalue weighted by molar-refractivity contribution is -0.135. The van der Waals surface area contributed by atoms with Gasteiger partial charge in [-0.25, -0.2) is 0 Å². The standard InChI is InChI=1S/C18H28N2O/c1-13(2)17(16-7-5-4-6-8-16)18(21)20-11-9-15(10-12-20)14(3)19/h4-8,13-15,17H,9-12,19H2,1-3H3. The van der Waals surface area contributed by atoms with Gasteiger partial charge in [0.05, 0.1) is 5.92 Å². The molecule has 0 bridgehead atoms. The molecule has 2 unspecified atom stereocenters. The second-order valence-corrected chi connectivity index (χ2v) is 6.65. The number of amides is 1. The van der Waals surface area contributed by atoms with Crippen molar-refractivity contribution >= 4 is 5.91 Å². The summed E-state index contributed by atoms with van der Waals surface area (Å²) in [6.07, 6.45) is 2.06. The first-order chi connectivity index (χ1) is 10.0. The molecule has 1 aliphatic heterocycles. The van der Waals surface area contributed by atoms with Crippen molar-refractivity contribution in [3.63, 3.8) is 0 Å². The normalized spacial score (nSPS) is 19.6. The van der Waals surface area contributed by atoms with E-state index >= 15 is 0 Å². The molecule has 0 aliphatic carbocycles. The largest absolute Gasteiger partial charge is 0.342 e. The SMILES string of the molecule is CC(C)C(C(=O)N1CCC(C(C)N)CC1)c1ccccc1. The minimum Gasteiger partial charge on any atom is -0.342 e. The highest BCUT2D eigenvalue weighted by Gasteiger charge is 2.31. The van der Waals surface area contributed by atoms with Crippen molar-refractivity contribution in [2.75, 3.05) is 13.1 Å². The summed E-state index contributed by atoms with van der Waals surface area (Å²) in [4.78, 5) is 14.9. The molecule has 2 rings (SSSR count). The van der Waals surface area contributed by atoms with Crippen LogP contribution in [0.5, 0.6) is 0 Å². The lowest BCUT2D eigenvalue weighted by Crippen LogP contribution is -2.45. The molecule has 0 aromatic heterocycles. The second kappa shape index (κ2) is 7.08. The molecule has 1 amide bonds. The fraction of sp³-hybridized carbons (Fsp3) is 0.611. The Morgan fingerprint density at radius 3 is 2.19 bits per heavy atom. The van der Waals surface area contributed by atoms with Gasteiger partial charge in [-0.1, -0.05) is 44.2 Å². The summed E-state index contributed by atoms with van der Waals surface area (Å²) in [5.41, 5.74) is 7.12. The molecule has 3 heteroatoms. The molecule has 1 fully saturated rings. The first-order valence-corrected chi connectivity index (χ1v) is 8.10. The van der Waals surface area contributed by atoms with Crippen LogP contribution in [0.1, 0.15) is 45.1 Å². The first-order valence-electron chi connectivity index (χ1n) is 8.10. The van der Waals surface area contributed by atoms with Gasteiger partial charge in [0.25, 0.3) is 0 Å². The van der Waals surface area contributed by atoms with Gasteiger partial charge in [0.15, 0.2) is 0 Å². The third-order valence-corrected chi connectivity index (χ3v) is 4.69. The summed E-state index contributed by atoms with van der Waals surface area (Å²) in [7, 11) is 0. The minimum atomic E-state index is -0.0296. The first kappa shape index (κ1) is 16.0. The maximum atomic E-state index is 12.9. The van der Waals surface area contributed by atoms with Crippen LogP contribution in [0, 0.1) is 11.8 Å². The third-order valence-electron chi connectivity index (χ3n) is 4.69. The van der Waals surface area contributed by atoms with Gasteiger partial charge in [0.2, 0.25) is 5.91 Å². The third kappa shape index (κ3) is 3.85. The Morgan fingerprint density at radius 1 is 1.14 bits per heavy atom. The van der Waals surface area contributed by atoms with Crippen molar-refractivity contribution in [3.05, 3.63) is 35.9 Å². The van der Waals surface area contributed by atoms with E-state index in [4.69, 9.17) is 5.73 Å². The van der Waals surface area contributed by atoms with Crippen molar-refractivity contribution in [3.8, 4) is 0 Å². The number of nitrogens with two attached hydrogens (primary N) is 1. The number of rotatable bonds is 4. The molecule has 3 nitrogen and oxygen atoms in total. The van der Waals surface area contributed by atoms with Crippen LogP contribution >= 0.6 is 0 Å². The molecule has 1 aromatic rings. The maximum absolute atomic E-state index is 12.9. The number of benzene rings is 1. The Kier molecular flexibility index (Phi) is 5.40. The fourth-order valence-corrected chi connectivity index (χ4v) is 3.32. The Bertz CT molecular complexity index is 448. The van der Waals surface area contributed by atoms with Crippen molar-refractivity contribution in [2.45, 2.75) is 45.6 Å². The van der Waals surface area contributed by atoms with E-state index in [0.29, 0.717) is 11.8 Å². The van der Waals surface area contributed by atoms with Crippen LogP contribution in [0.2, 0.25) is 0 Å². The highest BCUT2D eigenvalue weighted by molar-refractivity contribution is 5.84. The highest BCUT2D eigenvalue weighted by atomic mass is 16.2. The minimum absolute atomic E-state index is 0.0296. The molecule has 0 saturated carbocycles. The molecule has 1 aliphatic rings. The summed E-state index contributed by atoms with van der Waals surface area (Å²) < 4.78 is 0. The van der Waals surface area contributed by atoms with Crippen LogP contribution in [0.3, 0.4) is 0 Å². The van der Waals surface area contributed by atoms with Crippen molar-refractivity contribution in [1.29, 1.82) is 0 Å². The number of carbonyl (C=O) groups excluding carboxylic acids is 1. The van der Waals surface area contributed by atoms with Crippen molar-refractivity contribution in [2.24, 2.45) is 17.6 Å². The molecule has 1 saturated heterocycles. The van der Waals surface area contributed by atoms with Gasteiger partial charge in [0.1, 0.15) is 0 Å². The Labute approximate surface area is 128 Å². The molecule has 2 N–H and O–H groups in total. The summed E-state index contributed by atoms with van der Waals surface area (Å²) in [5.74, 6) is 1.12. The molecule has 21 heavy (non-hydrogen) atoms. The van der Waals surface area contributed by atoms with E-state index < -0.39 is 0 Å². The monoisotopic (exact) mass is 288 g/mol. The molecule has 2 atom stereocenters. The number of nitrogens with zero attached hydrogens (tertiary/aromatic N) is 1. The molecular weight excluding hydrogens is 260 g/mol. The Hall–Kier alpha value is -1.35. The van der Waals surface area contributed by atoms with Gasteiger partial charge < -0.3 is 10.6 Å². The number of piperidine rings is 1. The number of hydrogen-bond acceptors (Lipinski definition) is 2. The quantitative estimate of drug-likeness (QED) is 0.925. The average molecular weight is 288 g/mol. The summed E-state index contributed by atoms with van der Waals surface area (Å²) in [6, 6.07) is 10.4. The number of hydrogen-bond donors (Lipinski definition) is 1. The zero-order valence-corrected chi connectivity index (χ0v) is 13.5. The van der Waals surface area contributed by atoms with Crippen LogP contribution in [0.25, 0.3) is 0 Å². The molecule has 1 aromatic carbocycles. The van der Waals surface area contributed by atoms with Gasteiger partial charge in [0, 0.05) is 19.1 Å². The molecule has 1 heterocycles. The van der Waals surface area contributed by atoms with Crippen LogP contribution in [0.15, 0.2) is 30.3 Å². The molecule has 0 spiro atoms. The Balaban J connectivity index is 2.07. The molecule has 116 valence electrons. The number of likely N-dealkylation sites (tertiary alicyclic amines) is 1. The van der Waals surface area contributed by atoms with E-state index in [-0.39, 0.29) is 17.9 Å². The summed E-state index contributed by atoms with van der Waals surface area (Å²) in [5, 5.41) is 0. The van der Waals surface area contributed by atoms with E-state index in [9.17, 15) is 4.79 Å². The zero-order valence-electron chi connectivity index (χ0n) is 13.5. The average Bonchev–Trinajstić information content (AvgIpc) is 2.48. The van der Waals surface area contributed by atoms with Crippen LogP contribution in [0.4, 0.5) is 0 Å². The van der Waals surface area contributed by atoms with E-state index in [1.54, 1.807) is 0 Å². The van der Waals surface area contributed by atoms with Gasteiger partial charge in [-0.3, -0.25) is 4.79 Å². The van der Waals surface area contributed by atoms with E-state index in [1.165, 1.54) is 0 Å². The smallest absolute Gasteiger partial charge is 0.230 e. The van der Waals surface area contributed by atoms with Crippen LogP contribution in [-0.4, -0.2) is 29.9 Å². The van der Waals surface area contributed by atoms with E-state index in [1.807, 2.05) is 23.1 Å². The van der Waals surface area contributed by atoms with Gasteiger partial charge >= 0.3 is 0 Å². The van der Waals surface area contributed by atoms with Crippen molar-refractivity contribution < 1.29 is 4.79 Å². The van der Waals surface area contributed by atoms with Crippen molar-refractivity contribution in [1.82, 2.24) is 4.90 Å². The number of carbonyl (C=O) groups is 1. The van der Waals surface area contributed by atoms with Crippen LogP contribution < -0.4 is 5.73 Å². The van der Waals surface area contributed by atoms with Gasteiger partial charge in [-0.05, 0) is 37.2 Å². The molecular formula is C18H28N2O. The summed E-state index contributed by atoms with van der Waals surface area (Å²) >= 11 is 0. The van der Waals surface area contributed by atoms with Gasteiger partial charge in [-0.2, -0.15) is 0 Å². The van der Waals surface area contributed by atoms with Gasteiger partial charge in [-0.15, -0.1) is 0 Å². The predicted molar refractivity (Wildman–Crippen MR) is 87.0 cm³/mol. The zero-order chi connectivity index (χ0) is 15.4. The highest BCUT2D eigenvalue weighted by Crippen LogP contribution is 2.29. The topological polar surface area (TPSA) is 46.3 Å².